The van der Waals surface area contributed by atoms with Gasteiger partial charge in [-0.25, -0.2) is 0 Å². The highest BCUT2D eigenvalue weighted by molar-refractivity contribution is 5.99. The molecule has 0 radical (unpaired) electrons. The van der Waals surface area contributed by atoms with E-state index >= 15 is 0 Å². The van der Waals surface area contributed by atoms with E-state index in [1.165, 1.54) is 19.3 Å². The summed E-state index contributed by atoms with van der Waals surface area (Å²) in [4.78, 5) is 27.4. The van der Waals surface area contributed by atoms with Crippen LogP contribution in [0.25, 0.3) is 0 Å². The molecule has 1 aliphatic heterocycles. The quantitative estimate of drug-likeness (QED) is 0.859. The zero-order valence-corrected chi connectivity index (χ0v) is 12.8. The van der Waals surface area contributed by atoms with Crippen LogP contribution < -0.4 is 5.32 Å². The van der Waals surface area contributed by atoms with Crippen molar-refractivity contribution in [2.24, 2.45) is 11.8 Å². The Bertz CT molecular complexity index is 436. The summed E-state index contributed by atoms with van der Waals surface area (Å²) in [6, 6.07) is 0.0506. The van der Waals surface area contributed by atoms with Crippen LogP contribution in [0.2, 0.25) is 0 Å². The Labute approximate surface area is 121 Å². The molecule has 1 N–H and O–H groups in total. The van der Waals surface area contributed by atoms with Crippen molar-refractivity contribution in [3.8, 4) is 0 Å². The maximum absolute atomic E-state index is 13.0. The summed E-state index contributed by atoms with van der Waals surface area (Å²) in [5.74, 6) is 1.60. The molecule has 0 aromatic heterocycles. The number of nitrogens with zero attached hydrogens (tertiary/aromatic N) is 1. The minimum atomic E-state index is -0.704. The number of carbonyl (C=O) groups excluding carboxylic acids is 2. The summed E-state index contributed by atoms with van der Waals surface area (Å²) >= 11 is 0. The van der Waals surface area contributed by atoms with Gasteiger partial charge in [-0.3, -0.25) is 9.59 Å². The fraction of sp³-hybridized carbons (Fsp3) is 0.875. The van der Waals surface area contributed by atoms with Gasteiger partial charge in [-0.15, -0.1) is 0 Å². The van der Waals surface area contributed by atoms with Crippen LogP contribution in [0.5, 0.6) is 0 Å². The molecule has 2 amide bonds. The van der Waals surface area contributed by atoms with E-state index in [0.717, 1.165) is 12.3 Å². The molecule has 112 valence electrons. The zero-order valence-electron chi connectivity index (χ0n) is 12.8. The Morgan fingerprint density at radius 1 is 1.25 bits per heavy atom. The van der Waals surface area contributed by atoms with Gasteiger partial charge in [0.05, 0.1) is 0 Å². The summed E-state index contributed by atoms with van der Waals surface area (Å²) < 4.78 is 0. The van der Waals surface area contributed by atoms with Crippen LogP contribution in [0.1, 0.15) is 59.3 Å². The normalized spacial score (nSPS) is 44.0. The Balaban J connectivity index is 1.91. The highest BCUT2D eigenvalue weighted by atomic mass is 16.2. The molecule has 0 spiro atoms. The highest BCUT2D eigenvalue weighted by Crippen LogP contribution is 2.48. The third-order valence-corrected chi connectivity index (χ3v) is 5.90. The average Bonchev–Trinajstić information content (AvgIpc) is 3.04. The molecule has 2 aliphatic carbocycles. The second-order valence-electron chi connectivity index (χ2n) is 7.05. The minimum absolute atomic E-state index is 0.0409. The van der Waals surface area contributed by atoms with Crippen LogP contribution in [0, 0.1) is 11.8 Å². The second-order valence-corrected chi connectivity index (χ2v) is 7.05. The Morgan fingerprint density at radius 2 is 2.00 bits per heavy atom. The summed E-state index contributed by atoms with van der Waals surface area (Å²) in [6.07, 6.45) is 6.29. The van der Waals surface area contributed by atoms with Crippen LogP contribution in [0.15, 0.2) is 0 Å². The van der Waals surface area contributed by atoms with Crippen LogP contribution in [-0.4, -0.2) is 34.3 Å². The van der Waals surface area contributed by atoms with E-state index in [0.29, 0.717) is 24.8 Å². The number of carbonyl (C=O) groups is 2. The summed E-state index contributed by atoms with van der Waals surface area (Å²) in [5, 5.41) is 2.96. The van der Waals surface area contributed by atoms with Crippen molar-refractivity contribution in [1.82, 2.24) is 10.2 Å². The number of amides is 2. The third kappa shape index (κ3) is 1.87. The molecule has 1 saturated heterocycles. The van der Waals surface area contributed by atoms with Gasteiger partial charge in [0.1, 0.15) is 11.6 Å². The maximum atomic E-state index is 13.0. The van der Waals surface area contributed by atoms with Gasteiger partial charge in [-0.05, 0) is 50.9 Å². The molecule has 1 heterocycles. The first-order valence-electron chi connectivity index (χ1n) is 8.15. The smallest absolute Gasteiger partial charge is 0.248 e. The number of fused-ring (bicyclic) bond motifs is 2. The van der Waals surface area contributed by atoms with Crippen molar-refractivity contribution >= 4 is 11.8 Å². The molecule has 0 aromatic carbocycles. The lowest BCUT2D eigenvalue weighted by atomic mass is 9.86. The topological polar surface area (TPSA) is 49.4 Å². The van der Waals surface area contributed by atoms with E-state index in [-0.39, 0.29) is 17.9 Å². The molecular weight excluding hydrogens is 252 g/mol. The predicted octanol–water partition coefficient (Wildman–Crippen LogP) is 2.08. The molecule has 4 nitrogen and oxygen atoms in total. The van der Waals surface area contributed by atoms with E-state index in [9.17, 15) is 9.59 Å². The van der Waals surface area contributed by atoms with Crippen molar-refractivity contribution < 1.29 is 9.59 Å². The van der Waals surface area contributed by atoms with Gasteiger partial charge in [0.2, 0.25) is 11.8 Å². The first kappa shape index (κ1) is 13.9. The van der Waals surface area contributed by atoms with Crippen molar-refractivity contribution in [3.63, 3.8) is 0 Å². The lowest BCUT2D eigenvalue weighted by Crippen LogP contribution is -2.71. The van der Waals surface area contributed by atoms with Crippen LogP contribution >= 0.6 is 0 Å². The average molecular weight is 278 g/mol. The number of nitrogens with one attached hydrogen (secondary N) is 1. The maximum Gasteiger partial charge on any atom is 0.248 e. The van der Waals surface area contributed by atoms with Crippen molar-refractivity contribution in [3.05, 3.63) is 0 Å². The van der Waals surface area contributed by atoms with E-state index < -0.39 is 5.54 Å². The fourth-order valence-electron chi connectivity index (χ4n) is 4.52. The molecule has 5 unspecified atom stereocenters. The molecule has 5 atom stereocenters. The largest absolute Gasteiger partial charge is 0.340 e. The predicted molar refractivity (Wildman–Crippen MR) is 77.0 cm³/mol. The van der Waals surface area contributed by atoms with Gasteiger partial charge in [0.25, 0.3) is 0 Å². The summed E-state index contributed by atoms with van der Waals surface area (Å²) in [6.45, 7) is 5.86. The van der Waals surface area contributed by atoms with E-state index in [1.807, 2.05) is 25.7 Å². The van der Waals surface area contributed by atoms with Crippen LogP contribution in [-0.2, 0) is 9.59 Å². The van der Waals surface area contributed by atoms with E-state index in [4.69, 9.17) is 0 Å². The summed E-state index contributed by atoms with van der Waals surface area (Å²) in [5.41, 5.74) is -0.704. The van der Waals surface area contributed by atoms with E-state index in [2.05, 4.69) is 5.32 Å². The Kier molecular flexibility index (Phi) is 3.30. The molecule has 3 fully saturated rings. The van der Waals surface area contributed by atoms with Crippen LogP contribution in [0.3, 0.4) is 0 Å². The minimum Gasteiger partial charge on any atom is -0.340 e. The molecule has 20 heavy (non-hydrogen) atoms. The second kappa shape index (κ2) is 4.74. The molecule has 4 heteroatoms. The van der Waals surface area contributed by atoms with Gasteiger partial charge in [0, 0.05) is 6.04 Å². The summed E-state index contributed by atoms with van der Waals surface area (Å²) in [7, 11) is 0. The Hall–Kier alpha value is -1.06. The van der Waals surface area contributed by atoms with Gasteiger partial charge >= 0.3 is 0 Å². The van der Waals surface area contributed by atoms with Crippen molar-refractivity contribution in [1.29, 1.82) is 0 Å². The highest BCUT2D eigenvalue weighted by Gasteiger charge is 2.53. The number of hydrogen-bond acceptors (Lipinski definition) is 2. The molecular formula is C16H26N2O2. The molecule has 2 bridgehead atoms. The zero-order chi connectivity index (χ0) is 14.5. The van der Waals surface area contributed by atoms with E-state index in [1.54, 1.807) is 0 Å². The molecule has 2 saturated carbocycles. The standard InChI is InChI=1S/C16H26N2O2/c1-4-12-14(19)17-16(3,5-2)15(20)18(12)13-9-10-6-7-11(13)8-10/h10-13H,4-9H2,1-3H3,(H,17,19). The number of hydrogen-bond donors (Lipinski definition) is 1. The molecule has 0 aromatic rings. The molecule has 3 rings (SSSR count). The SMILES string of the molecule is CCC1C(=O)NC(C)(CC)C(=O)N1C1CC2CCC1C2. The number of piperazine rings is 1. The van der Waals surface area contributed by atoms with Crippen LogP contribution in [0.4, 0.5) is 0 Å². The monoisotopic (exact) mass is 278 g/mol. The van der Waals surface area contributed by atoms with Gasteiger partial charge in [0.15, 0.2) is 0 Å². The third-order valence-electron chi connectivity index (χ3n) is 5.90. The first-order chi connectivity index (χ1) is 9.50. The van der Waals surface area contributed by atoms with Gasteiger partial charge in [-0.2, -0.15) is 0 Å². The lowest BCUT2D eigenvalue weighted by Gasteiger charge is -2.48. The van der Waals surface area contributed by atoms with Gasteiger partial charge < -0.3 is 10.2 Å². The Morgan fingerprint density at radius 3 is 2.50 bits per heavy atom. The number of rotatable bonds is 3. The molecule has 3 aliphatic rings. The first-order valence-corrected chi connectivity index (χ1v) is 8.15. The van der Waals surface area contributed by atoms with Crippen molar-refractivity contribution in [2.45, 2.75) is 76.9 Å². The van der Waals surface area contributed by atoms with Gasteiger partial charge in [-0.1, -0.05) is 20.3 Å². The van der Waals surface area contributed by atoms with Crippen molar-refractivity contribution in [2.75, 3.05) is 0 Å². The fourth-order valence-corrected chi connectivity index (χ4v) is 4.52. The lowest BCUT2D eigenvalue weighted by molar-refractivity contribution is -0.159.